The minimum absolute atomic E-state index is 0.000382. The van der Waals surface area contributed by atoms with Crippen molar-refractivity contribution in [3.8, 4) is 17.2 Å². The molecule has 0 radical (unpaired) electrons. The second kappa shape index (κ2) is 29.4. The van der Waals surface area contributed by atoms with E-state index in [2.05, 4.69) is 34.6 Å². The Morgan fingerprint density at radius 3 is 1.01 bits per heavy atom. The van der Waals surface area contributed by atoms with Crippen LogP contribution in [0.15, 0.2) is 126 Å². The molecule has 3 N–H and O–H groups in total. The standard InChI is InChI=1S/C31H36FNO7S.2C29H33FO6S/c1-29-11-10-17(34)12-16(29)6-8-19-21-14-24-31(27(36)41-28(37)33(3)4,30(21,2)15-23(35)25(19)29)40-26(39-24)20-9-7-18(38-5)13-22(20)32;2*1-27-10-9-16(31)11-15(27)5-7-18-20-13-23-29(26(33)37-4,28(20,2)14-22(32)24(18)27)36-25(35-23)19-8-6-17(34-3)12-21(19)30/h7,9-13,19,21,23-26,35H,6,8,14-15H2,1-5H3;2*6,8-12,18,20,22-25,32H,5,7,13-14H2,1-4H3/t19-,21-,23-,24+,25+,26?,29-,30-,31-;18-,20-,22-,23+,24+,25+,27-,28-,29-;18-,20-,22-,23+,24+,25-,27-,28-,29-/m000/s1. The number of hydrogen-bond acceptors (Lipinski definition) is 22. The molecular formula is C89H102F3NO19S3. The molecule has 115 heavy (non-hydrogen) atoms. The van der Waals surface area contributed by atoms with Gasteiger partial charge >= 0.3 is 0 Å². The average molecular weight is 1640 g/mol. The molecule has 20 nitrogen and oxygen atoms in total. The van der Waals surface area contributed by atoms with Crippen molar-refractivity contribution in [1.82, 2.24) is 4.90 Å². The molecule has 27 atom stereocenters. The minimum Gasteiger partial charge on any atom is -0.497 e. The molecule has 1 amide bonds. The number of rotatable bonds is 9. The fourth-order valence-electron chi connectivity index (χ4n) is 25.7. The van der Waals surface area contributed by atoms with Crippen molar-refractivity contribution in [2.75, 3.05) is 47.9 Å². The molecule has 3 saturated heterocycles. The number of ether oxygens (including phenoxy) is 9. The van der Waals surface area contributed by atoms with Gasteiger partial charge in [0.15, 0.2) is 53.0 Å². The molecule has 0 bridgehead atoms. The van der Waals surface area contributed by atoms with E-state index in [-0.39, 0.29) is 104 Å². The SMILES string of the molecule is COc1ccc(C2O[C@@H]3C[C@H]4[C@@H]5CCC6=CC(=O)C=C[C@]6(C)[C@H]5[C@@H](O)C[C@]4(C)[C@]3(C(=O)SC(=O)N(C)C)O2)c(F)c1.COc1ccc([C@@H]2O[C@@H]3C[C@H]4[C@@H]5CCC6=CC(=O)C=C[C@]6(C)[C@H]5[C@@H](O)C[C@]4(C)[C@]3(C(=O)SC)O2)c(F)c1.COc1ccc([C@H]2O[C@@H]3C[C@H]4[C@@H]5CCC6=CC(=O)C=C[C@]6(C)[C@H]5[C@@H](O)C[C@]4(C)[C@]3(C(=O)SC)O2)c(F)c1. The molecule has 0 aromatic heterocycles. The second-order valence-corrected chi connectivity index (χ2v) is 38.5. The Morgan fingerprint density at radius 2 is 0.748 bits per heavy atom. The van der Waals surface area contributed by atoms with Crippen LogP contribution in [0, 0.1) is 103 Å². The Morgan fingerprint density at radius 1 is 0.461 bits per heavy atom. The average Bonchev–Trinajstić information content (AvgIpc) is 1.53. The molecule has 3 heterocycles. The lowest BCUT2D eigenvalue weighted by molar-refractivity contribution is -0.195. The lowest BCUT2D eigenvalue weighted by atomic mass is 9.46. The highest BCUT2D eigenvalue weighted by molar-refractivity contribution is 8.26. The van der Waals surface area contributed by atoms with E-state index in [1.807, 2.05) is 25.2 Å². The van der Waals surface area contributed by atoms with Crippen molar-refractivity contribution in [3.05, 3.63) is 160 Å². The number of thioether (sulfide) groups is 3. The zero-order valence-electron chi connectivity index (χ0n) is 66.9. The molecule has 9 saturated carbocycles. The summed E-state index contributed by atoms with van der Waals surface area (Å²) in [4.78, 5) is 92.2. The number of methoxy groups -OCH3 is 3. The van der Waals surface area contributed by atoms with Gasteiger partial charge in [0, 0.05) is 111 Å². The van der Waals surface area contributed by atoms with Crippen LogP contribution >= 0.6 is 35.3 Å². The molecule has 12 fully saturated rings. The van der Waals surface area contributed by atoms with Crippen LogP contribution in [0.3, 0.4) is 0 Å². The highest BCUT2D eigenvalue weighted by atomic mass is 32.2. The third kappa shape index (κ3) is 12.1. The summed E-state index contributed by atoms with van der Waals surface area (Å²) in [6.07, 6.45) is 19.5. The summed E-state index contributed by atoms with van der Waals surface area (Å²) in [5, 5.41) is 34.1. The number of ketones is 3. The third-order valence-electron chi connectivity index (χ3n) is 30.9. The second-order valence-electron chi connectivity index (χ2n) is 36.0. The fraction of sp³-hybridized carbons (Fsp3) is 0.584. The molecule has 3 aromatic carbocycles. The number of carbonyl (C=O) groups is 7. The fourth-order valence-corrected chi connectivity index (χ4v) is 28.0. The Labute approximate surface area is 680 Å². The normalized spacial score (nSPS) is 42.8. The van der Waals surface area contributed by atoms with Gasteiger partial charge in [-0.15, -0.1) is 0 Å². The van der Waals surface area contributed by atoms with Crippen LogP contribution in [-0.4, -0.2) is 160 Å². The highest BCUT2D eigenvalue weighted by Crippen LogP contribution is 2.75. The van der Waals surface area contributed by atoms with Crippen molar-refractivity contribution in [1.29, 1.82) is 0 Å². The maximum Gasteiger partial charge on any atom is 0.288 e. The van der Waals surface area contributed by atoms with Gasteiger partial charge in [0.25, 0.3) is 5.24 Å². The molecule has 18 rings (SSSR count). The predicted octanol–water partition coefficient (Wildman–Crippen LogP) is 14.3. The number of aliphatic hydroxyl groups is 3. The summed E-state index contributed by atoms with van der Waals surface area (Å²) in [6, 6.07) is 13.4. The van der Waals surface area contributed by atoms with Crippen LogP contribution < -0.4 is 14.2 Å². The number of allylic oxidation sites excluding steroid dienone is 12. The molecule has 15 aliphatic rings. The number of nitrogens with zero attached hydrogens (tertiary/aromatic N) is 1. The molecule has 3 aromatic rings. The number of amides is 1. The van der Waals surface area contributed by atoms with Crippen LogP contribution in [0.2, 0.25) is 0 Å². The van der Waals surface area contributed by atoms with Crippen molar-refractivity contribution in [2.45, 2.75) is 191 Å². The maximum absolute atomic E-state index is 15.2. The summed E-state index contributed by atoms with van der Waals surface area (Å²) >= 11 is 2.78. The lowest BCUT2D eigenvalue weighted by Gasteiger charge is -2.59. The van der Waals surface area contributed by atoms with E-state index >= 15 is 13.2 Å². The largest absolute Gasteiger partial charge is 0.497 e. The van der Waals surface area contributed by atoms with E-state index in [4.69, 9.17) is 42.6 Å². The van der Waals surface area contributed by atoms with Crippen molar-refractivity contribution < 1.29 is 105 Å². The number of hydrogen-bond donors (Lipinski definition) is 3. The van der Waals surface area contributed by atoms with Crippen LogP contribution in [0.4, 0.5) is 18.0 Å². The van der Waals surface area contributed by atoms with Gasteiger partial charge in [-0.05, 0) is 198 Å². The first-order valence-electron chi connectivity index (χ1n) is 40.0. The van der Waals surface area contributed by atoms with E-state index in [1.165, 1.54) is 50.5 Å². The van der Waals surface area contributed by atoms with Gasteiger partial charge in [-0.3, -0.25) is 33.6 Å². The number of benzene rings is 3. The summed E-state index contributed by atoms with van der Waals surface area (Å²) < 4.78 is 99.4. The Kier molecular flexibility index (Phi) is 21.0. The molecule has 0 spiro atoms. The van der Waals surface area contributed by atoms with E-state index in [1.54, 1.807) is 93.4 Å². The predicted molar refractivity (Wildman–Crippen MR) is 422 cm³/mol. The first kappa shape index (κ1) is 82.2. The zero-order valence-corrected chi connectivity index (χ0v) is 69.4. The summed E-state index contributed by atoms with van der Waals surface area (Å²) in [5.41, 5.74) is -3.91. The number of halogens is 3. The first-order chi connectivity index (χ1) is 54.5. The van der Waals surface area contributed by atoms with E-state index < -0.39 is 133 Å². The quantitative estimate of drug-likeness (QED) is 0.180. The third-order valence-corrected chi connectivity index (χ3v) is 33.3. The first-order valence-corrected chi connectivity index (χ1v) is 43.3. The lowest BCUT2D eigenvalue weighted by Crippen LogP contribution is -2.62. The van der Waals surface area contributed by atoms with Gasteiger partial charge in [0.1, 0.15) is 34.7 Å². The van der Waals surface area contributed by atoms with Gasteiger partial charge in [0.2, 0.25) is 15.3 Å². The smallest absolute Gasteiger partial charge is 0.288 e. The topological polar surface area (TPSA) is 266 Å². The van der Waals surface area contributed by atoms with Gasteiger partial charge in [-0.2, -0.15) is 0 Å². The van der Waals surface area contributed by atoms with Crippen LogP contribution in [0.25, 0.3) is 0 Å². The van der Waals surface area contributed by atoms with Gasteiger partial charge in [0.05, 0.1) is 58.0 Å². The van der Waals surface area contributed by atoms with Crippen molar-refractivity contribution in [3.63, 3.8) is 0 Å². The van der Waals surface area contributed by atoms with Gasteiger partial charge in [-0.25, -0.2) is 13.2 Å². The Balaban J connectivity index is 0.000000130. The highest BCUT2D eigenvalue weighted by Gasteiger charge is 2.80. The number of aliphatic hydroxyl groups excluding tert-OH is 3. The molecular weight excluding hydrogens is 1540 g/mol. The summed E-state index contributed by atoms with van der Waals surface area (Å²) in [7, 11) is 7.54. The molecule has 12 aliphatic carbocycles. The van der Waals surface area contributed by atoms with Gasteiger partial charge in [-0.1, -0.05) is 100 Å². The summed E-state index contributed by atoms with van der Waals surface area (Å²) in [5.74, 6) is -0.429. The van der Waals surface area contributed by atoms with Crippen molar-refractivity contribution >= 4 is 73.2 Å². The van der Waals surface area contributed by atoms with Crippen LogP contribution in [0.1, 0.15) is 154 Å². The zero-order chi connectivity index (χ0) is 82.1. The monoisotopic (exact) mass is 1640 g/mol. The van der Waals surface area contributed by atoms with Crippen molar-refractivity contribution in [2.24, 2.45) is 85.8 Å². The van der Waals surface area contributed by atoms with E-state index in [0.29, 0.717) is 67.5 Å². The maximum atomic E-state index is 15.2. The van der Waals surface area contributed by atoms with Crippen LogP contribution in [-0.2, 0) is 57.2 Å². The van der Waals surface area contributed by atoms with E-state index in [0.717, 1.165) is 72.3 Å². The Bertz CT molecular complexity index is 4570. The van der Waals surface area contributed by atoms with E-state index in [9.17, 15) is 48.9 Å². The van der Waals surface area contributed by atoms with Crippen LogP contribution in [0.5, 0.6) is 17.2 Å². The minimum atomic E-state index is -1.58. The molecule has 616 valence electrons. The number of carbonyl (C=O) groups excluding carboxylic acids is 7. The molecule has 3 aliphatic heterocycles. The molecule has 1 unspecified atom stereocenters. The Hall–Kier alpha value is -6.53. The van der Waals surface area contributed by atoms with Gasteiger partial charge < -0.3 is 62.9 Å². The number of fused-ring (bicyclic) bond motifs is 21. The summed E-state index contributed by atoms with van der Waals surface area (Å²) in [6.45, 7) is 12.4. The molecule has 26 heteroatoms.